The van der Waals surface area contributed by atoms with Gasteiger partial charge in [0.1, 0.15) is 17.3 Å². The zero-order valence-electron chi connectivity index (χ0n) is 20.9. The molecule has 1 aliphatic heterocycles. The van der Waals surface area contributed by atoms with Crippen molar-refractivity contribution in [2.24, 2.45) is 5.92 Å². The molecule has 2 N–H and O–H groups in total. The number of halogens is 1. The molecule has 11 heteroatoms. The average molecular weight is 538 g/mol. The molecule has 0 spiro atoms. The van der Waals surface area contributed by atoms with Gasteiger partial charge < -0.3 is 14.8 Å². The third kappa shape index (κ3) is 5.39. The lowest BCUT2D eigenvalue weighted by molar-refractivity contribution is -0.126. The molecule has 5 rings (SSSR count). The largest absolute Gasteiger partial charge is 0.355 e. The first-order chi connectivity index (χ1) is 18.3. The summed E-state index contributed by atoms with van der Waals surface area (Å²) < 4.78 is 47.5. The van der Waals surface area contributed by atoms with Crippen LogP contribution in [0.3, 0.4) is 0 Å². The van der Waals surface area contributed by atoms with Crippen molar-refractivity contribution >= 4 is 39.1 Å². The van der Waals surface area contributed by atoms with Crippen molar-refractivity contribution in [1.29, 1.82) is 0 Å². The molecule has 0 atom stereocenters. The van der Waals surface area contributed by atoms with Crippen LogP contribution >= 0.6 is 0 Å². The fourth-order valence-corrected chi connectivity index (χ4v) is 6.35. The highest BCUT2D eigenvalue weighted by Crippen LogP contribution is 2.29. The molecule has 0 radical (unpaired) electrons. The van der Waals surface area contributed by atoms with Crippen molar-refractivity contribution in [1.82, 2.24) is 24.7 Å². The molecule has 1 fully saturated rings. The second kappa shape index (κ2) is 10.9. The summed E-state index contributed by atoms with van der Waals surface area (Å²) in [6, 6.07) is 13.9. The lowest BCUT2D eigenvalue weighted by Gasteiger charge is -2.30. The normalized spacial score (nSPS) is 15.4. The number of carbonyl (C=O) groups is 1. The van der Waals surface area contributed by atoms with Gasteiger partial charge in [-0.1, -0.05) is 35.5 Å². The number of H-pyrrole nitrogens is 1. The number of para-hydroxylation sites is 2. The number of nitrogens with one attached hydrogen (secondary N) is 2. The van der Waals surface area contributed by atoms with E-state index < -0.39 is 15.8 Å². The molecule has 0 unspecified atom stereocenters. The first-order valence-electron chi connectivity index (χ1n) is 12.4. The molecule has 9 nitrogen and oxygen atoms in total. The standard InChI is InChI=1S/C27H28FN5O4S/c1-18-26(24(37-32-18)11-10-19-6-2-3-7-21(19)28)38(35,36)33-16-13-20(14-17-33)27(34)29-15-12-25-30-22-8-4-5-9-23(22)31-25/h2-11,20H,12-17H2,1H3,(H,29,34)(H,30,31)/b11-10+. The number of aromatic amines is 1. The Morgan fingerprint density at radius 2 is 1.89 bits per heavy atom. The van der Waals surface area contributed by atoms with Crippen LogP contribution < -0.4 is 5.32 Å². The minimum Gasteiger partial charge on any atom is -0.355 e. The van der Waals surface area contributed by atoms with E-state index in [1.165, 1.54) is 22.5 Å². The summed E-state index contributed by atoms with van der Waals surface area (Å²) >= 11 is 0. The number of piperidine rings is 1. The fraction of sp³-hybridized carbons (Fsp3) is 0.296. The van der Waals surface area contributed by atoms with Crippen molar-refractivity contribution in [2.75, 3.05) is 19.6 Å². The van der Waals surface area contributed by atoms with E-state index in [1.807, 2.05) is 24.3 Å². The monoisotopic (exact) mass is 537 g/mol. The lowest BCUT2D eigenvalue weighted by Crippen LogP contribution is -2.43. The number of carbonyl (C=O) groups excluding carboxylic acids is 1. The summed E-state index contributed by atoms with van der Waals surface area (Å²) in [6.45, 7) is 2.39. The van der Waals surface area contributed by atoms with Crippen LogP contribution in [0.1, 0.15) is 35.7 Å². The maximum atomic E-state index is 14.0. The van der Waals surface area contributed by atoms with E-state index in [0.29, 0.717) is 31.4 Å². The average Bonchev–Trinajstić information content (AvgIpc) is 3.51. The number of nitrogens with zero attached hydrogens (tertiary/aromatic N) is 3. The molecule has 2 aromatic carbocycles. The van der Waals surface area contributed by atoms with Crippen LogP contribution in [0.4, 0.5) is 4.39 Å². The summed E-state index contributed by atoms with van der Waals surface area (Å²) in [7, 11) is -3.92. The van der Waals surface area contributed by atoms with E-state index >= 15 is 0 Å². The summed E-state index contributed by atoms with van der Waals surface area (Å²) in [5.41, 5.74) is 2.37. The summed E-state index contributed by atoms with van der Waals surface area (Å²) in [4.78, 5) is 20.4. The highest BCUT2D eigenvalue weighted by molar-refractivity contribution is 7.89. The highest BCUT2D eigenvalue weighted by Gasteiger charge is 2.35. The summed E-state index contributed by atoms with van der Waals surface area (Å²) in [5.74, 6) is 0.0452. The quantitative estimate of drug-likeness (QED) is 0.351. The molecule has 38 heavy (non-hydrogen) atoms. The number of benzene rings is 2. The first kappa shape index (κ1) is 25.8. The Balaban J connectivity index is 1.18. The van der Waals surface area contributed by atoms with Crippen LogP contribution in [0.2, 0.25) is 0 Å². The molecule has 2 aromatic heterocycles. The van der Waals surface area contributed by atoms with Gasteiger partial charge in [0.15, 0.2) is 10.7 Å². The van der Waals surface area contributed by atoms with Gasteiger partial charge in [-0.25, -0.2) is 17.8 Å². The second-order valence-electron chi connectivity index (χ2n) is 9.24. The molecule has 0 saturated carbocycles. The van der Waals surface area contributed by atoms with E-state index in [0.717, 1.165) is 16.9 Å². The third-order valence-electron chi connectivity index (χ3n) is 6.67. The summed E-state index contributed by atoms with van der Waals surface area (Å²) in [5, 5.41) is 6.78. The Labute approximate surface area is 219 Å². The Bertz CT molecular complexity index is 1550. The van der Waals surface area contributed by atoms with Crippen LogP contribution in [-0.2, 0) is 21.2 Å². The number of fused-ring (bicyclic) bond motifs is 1. The molecular formula is C27H28FN5O4S. The van der Waals surface area contributed by atoms with E-state index in [-0.39, 0.29) is 41.3 Å². The van der Waals surface area contributed by atoms with Gasteiger partial charge in [-0.15, -0.1) is 0 Å². The van der Waals surface area contributed by atoms with E-state index in [1.54, 1.807) is 25.1 Å². The first-order valence-corrected chi connectivity index (χ1v) is 13.9. The number of hydrogen-bond acceptors (Lipinski definition) is 6. The smallest absolute Gasteiger partial charge is 0.248 e. The molecular weight excluding hydrogens is 509 g/mol. The number of amides is 1. The van der Waals surface area contributed by atoms with E-state index in [9.17, 15) is 17.6 Å². The molecule has 1 aliphatic rings. The highest BCUT2D eigenvalue weighted by atomic mass is 32.2. The second-order valence-corrected chi connectivity index (χ2v) is 11.1. The molecule has 1 saturated heterocycles. The molecule has 0 bridgehead atoms. The van der Waals surface area contributed by atoms with Gasteiger partial charge in [0, 0.05) is 37.5 Å². The predicted octanol–water partition coefficient (Wildman–Crippen LogP) is 3.93. The Hall–Kier alpha value is -3.83. The van der Waals surface area contributed by atoms with E-state index in [4.69, 9.17) is 4.52 Å². The van der Waals surface area contributed by atoms with Gasteiger partial charge in [-0.05, 0) is 50.1 Å². The van der Waals surface area contributed by atoms with Crippen molar-refractivity contribution in [3.63, 3.8) is 0 Å². The van der Waals surface area contributed by atoms with Crippen LogP contribution in [0.15, 0.2) is 57.9 Å². The van der Waals surface area contributed by atoms with Gasteiger partial charge >= 0.3 is 0 Å². The maximum Gasteiger partial charge on any atom is 0.248 e. The minimum absolute atomic E-state index is 0.0382. The van der Waals surface area contributed by atoms with Crippen molar-refractivity contribution in [3.8, 4) is 0 Å². The van der Waals surface area contributed by atoms with Crippen LogP contribution in [-0.4, -0.2) is 53.4 Å². The number of aromatic nitrogens is 3. The molecule has 3 heterocycles. The van der Waals surface area contributed by atoms with Crippen LogP contribution in [0.25, 0.3) is 23.2 Å². The minimum atomic E-state index is -3.92. The Kier molecular flexibility index (Phi) is 7.39. The topological polar surface area (TPSA) is 121 Å². The maximum absolute atomic E-state index is 14.0. The van der Waals surface area contributed by atoms with Gasteiger partial charge in [-0.3, -0.25) is 4.79 Å². The van der Waals surface area contributed by atoms with Crippen LogP contribution in [0, 0.1) is 18.7 Å². The third-order valence-corrected chi connectivity index (χ3v) is 8.73. The molecule has 0 aliphatic carbocycles. The van der Waals surface area contributed by atoms with Crippen molar-refractivity contribution < 1.29 is 22.1 Å². The van der Waals surface area contributed by atoms with Gasteiger partial charge in [0.2, 0.25) is 15.9 Å². The van der Waals surface area contributed by atoms with Crippen molar-refractivity contribution in [2.45, 2.75) is 31.1 Å². The number of imidazole rings is 1. The Morgan fingerprint density at radius 3 is 2.66 bits per heavy atom. The SMILES string of the molecule is Cc1noc(/C=C/c2ccccc2F)c1S(=O)(=O)N1CCC(C(=O)NCCc2nc3ccccc3[nH]2)CC1. The number of rotatable bonds is 8. The fourth-order valence-electron chi connectivity index (χ4n) is 4.63. The zero-order chi connectivity index (χ0) is 26.7. The number of hydrogen-bond donors (Lipinski definition) is 2. The number of aryl methyl sites for hydroxylation is 1. The summed E-state index contributed by atoms with van der Waals surface area (Å²) in [6.07, 6.45) is 4.24. The molecule has 1 amide bonds. The van der Waals surface area contributed by atoms with Crippen molar-refractivity contribution in [3.05, 3.63) is 77.2 Å². The van der Waals surface area contributed by atoms with Gasteiger partial charge in [-0.2, -0.15) is 4.31 Å². The predicted molar refractivity (Wildman–Crippen MR) is 141 cm³/mol. The Morgan fingerprint density at radius 1 is 1.16 bits per heavy atom. The number of sulfonamides is 1. The zero-order valence-corrected chi connectivity index (χ0v) is 21.7. The molecule has 198 valence electrons. The van der Waals surface area contributed by atoms with Crippen LogP contribution in [0.5, 0.6) is 0 Å². The lowest BCUT2D eigenvalue weighted by atomic mass is 9.97. The van der Waals surface area contributed by atoms with Gasteiger partial charge in [0.25, 0.3) is 0 Å². The molecule has 4 aromatic rings. The van der Waals surface area contributed by atoms with Gasteiger partial charge in [0.05, 0.1) is 11.0 Å². The van der Waals surface area contributed by atoms with E-state index in [2.05, 4.69) is 20.4 Å².